The Balaban J connectivity index is 1.95. The van der Waals surface area contributed by atoms with Crippen molar-refractivity contribution in [2.24, 2.45) is 0 Å². The molecule has 2 heterocycles. The van der Waals surface area contributed by atoms with Crippen LogP contribution in [0.15, 0.2) is 67.1 Å². The fraction of sp³-hybridized carbons (Fsp3) is 0.333. The van der Waals surface area contributed by atoms with Gasteiger partial charge in [-0.05, 0) is 61.7 Å². The van der Waals surface area contributed by atoms with Crippen molar-refractivity contribution in [3.63, 3.8) is 0 Å². The smallest absolute Gasteiger partial charge is 0.147 e. The van der Waals surface area contributed by atoms with Gasteiger partial charge in [-0.15, -0.1) is 0 Å². The Labute approximate surface area is 190 Å². The van der Waals surface area contributed by atoms with E-state index in [2.05, 4.69) is 80.6 Å². The van der Waals surface area contributed by atoms with Gasteiger partial charge in [0.25, 0.3) is 0 Å². The maximum Gasteiger partial charge on any atom is 0.147 e. The Kier molecular flexibility index (Phi) is 5.90. The van der Waals surface area contributed by atoms with Gasteiger partial charge in [0.05, 0.1) is 18.6 Å². The molecule has 2 atom stereocenters. The quantitative estimate of drug-likeness (QED) is 0.373. The summed E-state index contributed by atoms with van der Waals surface area (Å²) in [4.78, 5) is 0. The molecule has 1 aromatic heterocycles. The average Bonchev–Trinajstić information content (AvgIpc) is 3.19. The number of methoxy groups -OCH3 is 1. The van der Waals surface area contributed by atoms with Crippen molar-refractivity contribution in [1.82, 2.24) is 4.57 Å². The number of hydrogen-bond acceptors (Lipinski definition) is 2. The Morgan fingerprint density at radius 2 is 2.00 bits per heavy atom. The van der Waals surface area contributed by atoms with E-state index in [4.69, 9.17) is 21.1 Å². The number of aromatic nitrogens is 1. The van der Waals surface area contributed by atoms with Gasteiger partial charge in [0.2, 0.25) is 0 Å². The molecule has 0 N–H and O–H groups in total. The molecule has 0 fully saturated rings. The number of hydrogen-bond donors (Lipinski definition) is 0. The number of para-hydroxylation sites is 1. The van der Waals surface area contributed by atoms with E-state index >= 15 is 0 Å². The first kappa shape index (κ1) is 21.6. The van der Waals surface area contributed by atoms with Gasteiger partial charge in [-0.1, -0.05) is 43.3 Å². The van der Waals surface area contributed by atoms with Crippen LogP contribution in [0.3, 0.4) is 0 Å². The number of fused-ring (bicyclic) bond motifs is 3. The molecule has 162 valence electrons. The van der Waals surface area contributed by atoms with Crippen LogP contribution in [-0.4, -0.2) is 11.7 Å². The summed E-state index contributed by atoms with van der Waals surface area (Å²) < 4.78 is 14.7. The summed E-state index contributed by atoms with van der Waals surface area (Å²) in [6.07, 6.45) is 4.68. The zero-order valence-corrected chi connectivity index (χ0v) is 19.5. The van der Waals surface area contributed by atoms with E-state index < -0.39 is 5.60 Å². The lowest BCUT2D eigenvalue weighted by molar-refractivity contribution is -0.00416. The highest BCUT2D eigenvalue weighted by Crippen LogP contribution is 2.49. The standard InChI is InChI=1S/C27H30ClNO2/c1-6-9-19(3)31-27(4)17-23(21-11-7-10-18(2)26(21)30-5)22-16-20(28)13-14-24(22)29-15-8-12-25(27)29/h7-8,10-16,23H,3,6,9,17H2,1-2,4-5H3. The third-order valence-corrected chi connectivity index (χ3v) is 6.46. The Morgan fingerprint density at radius 3 is 2.74 bits per heavy atom. The molecular formula is C27H30ClNO2. The number of allylic oxidation sites excluding steroid dienone is 1. The summed E-state index contributed by atoms with van der Waals surface area (Å²) in [7, 11) is 1.74. The highest BCUT2D eigenvalue weighted by atomic mass is 35.5. The minimum Gasteiger partial charge on any atom is -0.496 e. The topological polar surface area (TPSA) is 23.4 Å². The van der Waals surface area contributed by atoms with Crippen molar-refractivity contribution in [2.75, 3.05) is 7.11 Å². The monoisotopic (exact) mass is 435 g/mol. The summed E-state index contributed by atoms with van der Waals surface area (Å²) in [5.41, 5.74) is 5.11. The maximum atomic E-state index is 6.61. The molecule has 4 heteroatoms. The van der Waals surface area contributed by atoms with Gasteiger partial charge < -0.3 is 14.0 Å². The zero-order valence-electron chi connectivity index (χ0n) is 18.7. The Morgan fingerprint density at radius 1 is 1.19 bits per heavy atom. The number of aryl methyl sites for hydroxylation is 1. The molecule has 31 heavy (non-hydrogen) atoms. The molecule has 2 aromatic carbocycles. The lowest BCUT2D eigenvalue weighted by Gasteiger charge is -2.34. The normalized spacial score (nSPS) is 19.8. The molecule has 1 aliphatic heterocycles. The third kappa shape index (κ3) is 3.87. The molecule has 4 rings (SSSR count). The second-order valence-electron chi connectivity index (χ2n) is 8.54. The predicted molar refractivity (Wildman–Crippen MR) is 127 cm³/mol. The second-order valence-corrected chi connectivity index (χ2v) is 8.98. The first-order valence-electron chi connectivity index (χ1n) is 10.9. The van der Waals surface area contributed by atoms with E-state index in [1.165, 1.54) is 5.56 Å². The Hall–Kier alpha value is -2.65. The molecule has 0 amide bonds. The largest absolute Gasteiger partial charge is 0.496 e. The maximum absolute atomic E-state index is 6.61. The molecule has 0 saturated heterocycles. The summed E-state index contributed by atoms with van der Waals surface area (Å²) in [5.74, 6) is 1.78. The minimum absolute atomic E-state index is 0.0443. The molecule has 3 nitrogen and oxygen atoms in total. The van der Waals surface area contributed by atoms with E-state index in [0.717, 1.165) is 58.3 Å². The van der Waals surface area contributed by atoms with Crippen molar-refractivity contribution in [1.29, 1.82) is 0 Å². The SMILES string of the molecule is C=C(CCC)OC1(C)CC(c2cccc(C)c2OC)c2cc(Cl)ccc2-n2cccc21. The van der Waals surface area contributed by atoms with Crippen LogP contribution >= 0.6 is 11.6 Å². The van der Waals surface area contributed by atoms with Gasteiger partial charge in [0.1, 0.15) is 11.4 Å². The van der Waals surface area contributed by atoms with E-state index in [9.17, 15) is 0 Å². The summed E-state index contributed by atoms with van der Waals surface area (Å²) in [6, 6.07) is 16.7. The first-order chi connectivity index (χ1) is 14.9. The van der Waals surface area contributed by atoms with Crippen LogP contribution in [0.2, 0.25) is 5.02 Å². The molecule has 0 saturated carbocycles. The van der Waals surface area contributed by atoms with Gasteiger partial charge in [-0.25, -0.2) is 0 Å². The van der Waals surface area contributed by atoms with Gasteiger partial charge in [0.15, 0.2) is 0 Å². The minimum atomic E-state index is -0.555. The van der Waals surface area contributed by atoms with Gasteiger partial charge in [-0.3, -0.25) is 0 Å². The van der Waals surface area contributed by atoms with Crippen molar-refractivity contribution in [2.45, 2.75) is 51.6 Å². The summed E-state index contributed by atoms with van der Waals surface area (Å²) >= 11 is 6.50. The number of ether oxygens (including phenoxy) is 2. The van der Waals surface area contributed by atoms with Crippen LogP contribution < -0.4 is 4.74 Å². The van der Waals surface area contributed by atoms with Crippen LogP contribution in [-0.2, 0) is 10.3 Å². The average molecular weight is 436 g/mol. The van der Waals surface area contributed by atoms with Crippen molar-refractivity contribution in [3.8, 4) is 11.4 Å². The molecule has 2 unspecified atom stereocenters. The third-order valence-electron chi connectivity index (χ3n) is 6.23. The van der Waals surface area contributed by atoms with E-state index in [0.29, 0.717) is 0 Å². The van der Waals surface area contributed by atoms with Crippen LogP contribution in [0.4, 0.5) is 0 Å². The molecular weight excluding hydrogens is 406 g/mol. The zero-order chi connectivity index (χ0) is 22.2. The molecule has 0 bridgehead atoms. The second kappa shape index (κ2) is 8.47. The van der Waals surface area contributed by atoms with Gasteiger partial charge in [-0.2, -0.15) is 0 Å². The Bertz CT molecular complexity index is 1120. The van der Waals surface area contributed by atoms with E-state index in [1.54, 1.807) is 7.11 Å². The fourth-order valence-corrected chi connectivity index (χ4v) is 5.08. The molecule has 0 spiro atoms. The fourth-order valence-electron chi connectivity index (χ4n) is 4.90. The van der Waals surface area contributed by atoms with Gasteiger partial charge in [0, 0.05) is 41.2 Å². The number of rotatable bonds is 6. The van der Waals surface area contributed by atoms with Crippen molar-refractivity contribution >= 4 is 11.6 Å². The number of halogens is 1. The lowest BCUT2D eigenvalue weighted by atomic mass is 9.80. The predicted octanol–water partition coefficient (Wildman–Crippen LogP) is 7.53. The summed E-state index contributed by atoms with van der Waals surface area (Å²) in [5, 5.41) is 0.726. The van der Waals surface area contributed by atoms with Crippen LogP contribution in [0, 0.1) is 6.92 Å². The van der Waals surface area contributed by atoms with Crippen LogP contribution in [0.5, 0.6) is 5.75 Å². The van der Waals surface area contributed by atoms with E-state index in [-0.39, 0.29) is 5.92 Å². The molecule has 3 aromatic rings. The van der Waals surface area contributed by atoms with Crippen LogP contribution in [0.25, 0.3) is 5.69 Å². The molecule has 0 radical (unpaired) electrons. The highest BCUT2D eigenvalue weighted by Gasteiger charge is 2.41. The molecule has 1 aliphatic rings. The number of benzene rings is 2. The lowest BCUT2D eigenvalue weighted by Crippen LogP contribution is -2.29. The van der Waals surface area contributed by atoms with Crippen LogP contribution in [0.1, 0.15) is 61.4 Å². The van der Waals surface area contributed by atoms with E-state index in [1.807, 2.05) is 6.07 Å². The van der Waals surface area contributed by atoms with Crippen molar-refractivity contribution < 1.29 is 9.47 Å². The molecule has 0 aliphatic carbocycles. The first-order valence-corrected chi connectivity index (χ1v) is 11.2. The highest BCUT2D eigenvalue weighted by molar-refractivity contribution is 6.30. The number of nitrogens with zero attached hydrogens (tertiary/aromatic N) is 1. The van der Waals surface area contributed by atoms with Crippen molar-refractivity contribution in [3.05, 3.63) is 94.5 Å². The van der Waals surface area contributed by atoms with Gasteiger partial charge >= 0.3 is 0 Å². The summed E-state index contributed by atoms with van der Waals surface area (Å²) in [6.45, 7) is 10.6.